The minimum absolute atomic E-state index is 0.0936. The van der Waals surface area contributed by atoms with Crippen LogP contribution in [0, 0.1) is 0 Å². The number of amides is 1. The summed E-state index contributed by atoms with van der Waals surface area (Å²) in [5.74, 6) is -0.0936. The van der Waals surface area contributed by atoms with Gasteiger partial charge in [-0.05, 0) is 12.1 Å². The van der Waals surface area contributed by atoms with Crippen molar-refractivity contribution in [2.45, 2.75) is 6.92 Å². The molecule has 13 heavy (non-hydrogen) atoms. The fraction of sp³-hybridized carbons (Fsp3) is 0.100. The van der Waals surface area contributed by atoms with Crippen LogP contribution in [0.25, 0.3) is 11.0 Å². The summed E-state index contributed by atoms with van der Waals surface area (Å²) < 4.78 is 5.24. The first-order chi connectivity index (χ1) is 6.27. The molecule has 1 heterocycles. The van der Waals surface area contributed by atoms with Crippen molar-refractivity contribution in [1.29, 1.82) is 0 Å². The van der Waals surface area contributed by atoms with Crippen LogP contribution in [0.3, 0.4) is 0 Å². The fourth-order valence-corrected chi connectivity index (χ4v) is 1.28. The van der Waals surface area contributed by atoms with Crippen LogP contribution in [-0.2, 0) is 4.79 Å². The first-order valence-electron chi connectivity index (χ1n) is 4.01. The van der Waals surface area contributed by atoms with Gasteiger partial charge in [0, 0.05) is 12.3 Å². The van der Waals surface area contributed by atoms with E-state index in [1.54, 1.807) is 6.26 Å². The summed E-state index contributed by atoms with van der Waals surface area (Å²) in [6, 6.07) is 7.49. The molecule has 0 bridgehead atoms. The van der Waals surface area contributed by atoms with E-state index in [-0.39, 0.29) is 5.91 Å². The van der Waals surface area contributed by atoms with E-state index in [0.717, 1.165) is 16.7 Å². The van der Waals surface area contributed by atoms with E-state index < -0.39 is 0 Å². The second-order valence-electron chi connectivity index (χ2n) is 2.83. The number of furan rings is 1. The maximum atomic E-state index is 10.8. The number of carbonyl (C=O) groups is 1. The van der Waals surface area contributed by atoms with Gasteiger partial charge in [-0.2, -0.15) is 0 Å². The summed E-state index contributed by atoms with van der Waals surface area (Å²) in [6.07, 6.45) is 1.61. The minimum Gasteiger partial charge on any atom is -0.462 e. The van der Waals surface area contributed by atoms with Gasteiger partial charge in [-0.15, -0.1) is 0 Å². The SMILES string of the molecule is CC(=O)Nc1cccc2ccoc12. The molecule has 0 radical (unpaired) electrons. The Morgan fingerprint density at radius 3 is 3.00 bits per heavy atom. The maximum absolute atomic E-state index is 10.8. The molecule has 0 fully saturated rings. The molecule has 2 rings (SSSR count). The van der Waals surface area contributed by atoms with Gasteiger partial charge in [0.15, 0.2) is 5.58 Å². The zero-order valence-corrected chi connectivity index (χ0v) is 7.20. The van der Waals surface area contributed by atoms with Crippen molar-refractivity contribution < 1.29 is 9.21 Å². The zero-order chi connectivity index (χ0) is 9.26. The molecule has 3 nitrogen and oxygen atoms in total. The number of hydrogen-bond donors (Lipinski definition) is 1. The molecule has 2 aromatic rings. The highest BCUT2D eigenvalue weighted by molar-refractivity contribution is 5.98. The van der Waals surface area contributed by atoms with Gasteiger partial charge in [0.1, 0.15) is 0 Å². The van der Waals surface area contributed by atoms with Gasteiger partial charge in [-0.25, -0.2) is 0 Å². The molecule has 0 spiro atoms. The lowest BCUT2D eigenvalue weighted by Crippen LogP contribution is -2.05. The van der Waals surface area contributed by atoms with Crippen LogP contribution in [-0.4, -0.2) is 5.91 Å². The van der Waals surface area contributed by atoms with E-state index in [0.29, 0.717) is 0 Å². The van der Waals surface area contributed by atoms with E-state index in [9.17, 15) is 4.79 Å². The quantitative estimate of drug-likeness (QED) is 0.723. The topological polar surface area (TPSA) is 42.2 Å². The molecule has 0 aliphatic heterocycles. The van der Waals surface area contributed by atoms with Crippen molar-refractivity contribution >= 4 is 22.6 Å². The van der Waals surface area contributed by atoms with Crippen molar-refractivity contribution in [3.8, 4) is 0 Å². The maximum Gasteiger partial charge on any atom is 0.221 e. The molecule has 66 valence electrons. The third kappa shape index (κ3) is 1.40. The molecule has 0 aliphatic carbocycles. The molecule has 0 aliphatic rings. The van der Waals surface area contributed by atoms with Gasteiger partial charge in [-0.1, -0.05) is 12.1 Å². The lowest BCUT2D eigenvalue weighted by Gasteiger charge is -2.01. The second kappa shape index (κ2) is 2.94. The summed E-state index contributed by atoms with van der Waals surface area (Å²) in [7, 11) is 0. The molecule has 0 unspecified atom stereocenters. The molecule has 0 saturated carbocycles. The van der Waals surface area contributed by atoms with Crippen LogP contribution in [0.1, 0.15) is 6.92 Å². The fourth-order valence-electron chi connectivity index (χ4n) is 1.28. The van der Waals surface area contributed by atoms with Crippen LogP contribution >= 0.6 is 0 Å². The van der Waals surface area contributed by atoms with Crippen molar-refractivity contribution in [3.05, 3.63) is 30.5 Å². The van der Waals surface area contributed by atoms with Crippen molar-refractivity contribution in [2.24, 2.45) is 0 Å². The van der Waals surface area contributed by atoms with Crippen LogP contribution in [0.5, 0.6) is 0 Å². The Labute approximate surface area is 75.3 Å². The Hall–Kier alpha value is -1.77. The van der Waals surface area contributed by atoms with Gasteiger partial charge >= 0.3 is 0 Å². The lowest BCUT2D eigenvalue weighted by molar-refractivity contribution is -0.114. The molecule has 1 N–H and O–H groups in total. The third-order valence-corrected chi connectivity index (χ3v) is 1.79. The number of hydrogen-bond acceptors (Lipinski definition) is 2. The summed E-state index contributed by atoms with van der Waals surface area (Å²) in [5, 5.41) is 3.69. The van der Waals surface area contributed by atoms with E-state index in [1.807, 2.05) is 24.3 Å². The third-order valence-electron chi connectivity index (χ3n) is 1.79. The molecule has 0 saturated heterocycles. The zero-order valence-electron chi connectivity index (χ0n) is 7.20. The molecule has 1 amide bonds. The molecule has 3 heteroatoms. The van der Waals surface area contributed by atoms with E-state index in [1.165, 1.54) is 6.92 Å². The second-order valence-corrected chi connectivity index (χ2v) is 2.83. The predicted molar refractivity (Wildman–Crippen MR) is 50.5 cm³/mol. The predicted octanol–water partition coefficient (Wildman–Crippen LogP) is 2.39. The number of rotatable bonds is 1. The van der Waals surface area contributed by atoms with Crippen LogP contribution < -0.4 is 5.32 Å². The largest absolute Gasteiger partial charge is 0.462 e. The summed E-state index contributed by atoms with van der Waals surface area (Å²) >= 11 is 0. The molecular formula is C10H9NO2. The van der Waals surface area contributed by atoms with Crippen molar-refractivity contribution in [3.63, 3.8) is 0 Å². The highest BCUT2D eigenvalue weighted by Gasteiger charge is 2.03. The Morgan fingerprint density at radius 1 is 1.38 bits per heavy atom. The van der Waals surface area contributed by atoms with E-state index in [4.69, 9.17) is 4.42 Å². The number of para-hydroxylation sites is 1. The lowest BCUT2D eigenvalue weighted by atomic mass is 10.2. The standard InChI is InChI=1S/C10H9NO2/c1-7(12)11-9-4-2-3-8-5-6-13-10(8)9/h2-6H,1H3,(H,11,12). The van der Waals surface area contributed by atoms with Crippen LogP contribution in [0.4, 0.5) is 5.69 Å². The van der Waals surface area contributed by atoms with E-state index in [2.05, 4.69) is 5.32 Å². The summed E-state index contributed by atoms with van der Waals surface area (Å²) in [5.41, 5.74) is 1.44. The number of benzene rings is 1. The van der Waals surface area contributed by atoms with E-state index >= 15 is 0 Å². The highest BCUT2D eigenvalue weighted by Crippen LogP contribution is 2.23. The highest BCUT2D eigenvalue weighted by atomic mass is 16.3. The first-order valence-corrected chi connectivity index (χ1v) is 4.01. The summed E-state index contributed by atoms with van der Waals surface area (Å²) in [4.78, 5) is 10.8. The summed E-state index contributed by atoms with van der Waals surface area (Å²) in [6.45, 7) is 1.47. The number of anilines is 1. The minimum atomic E-state index is -0.0936. The molecule has 1 aromatic heterocycles. The van der Waals surface area contributed by atoms with Gasteiger partial charge in [0.2, 0.25) is 5.91 Å². The monoisotopic (exact) mass is 175 g/mol. The van der Waals surface area contributed by atoms with Gasteiger partial charge in [0.25, 0.3) is 0 Å². The number of nitrogens with one attached hydrogen (secondary N) is 1. The van der Waals surface area contributed by atoms with Gasteiger partial charge in [0.05, 0.1) is 12.0 Å². The van der Waals surface area contributed by atoms with Crippen LogP contribution in [0.2, 0.25) is 0 Å². The average Bonchev–Trinajstić information content (AvgIpc) is 2.51. The first kappa shape index (κ1) is 7.86. The Balaban J connectivity index is 2.54. The average molecular weight is 175 g/mol. The van der Waals surface area contributed by atoms with Crippen LogP contribution in [0.15, 0.2) is 34.9 Å². The van der Waals surface area contributed by atoms with Crippen molar-refractivity contribution in [1.82, 2.24) is 0 Å². The van der Waals surface area contributed by atoms with Gasteiger partial charge < -0.3 is 9.73 Å². The molecule has 0 atom stereocenters. The van der Waals surface area contributed by atoms with Gasteiger partial charge in [-0.3, -0.25) is 4.79 Å². The molecular weight excluding hydrogens is 166 g/mol. The Morgan fingerprint density at radius 2 is 2.23 bits per heavy atom. The number of fused-ring (bicyclic) bond motifs is 1. The Kier molecular flexibility index (Phi) is 1.77. The van der Waals surface area contributed by atoms with Crippen molar-refractivity contribution in [2.75, 3.05) is 5.32 Å². The molecule has 1 aromatic carbocycles. The smallest absolute Gasteiger partial charge is 0.221 e. The Bertz CT molecular complexity index is 445. The number of carbonyl (C=O) groups excluding carboxylic acids is 1. The normalized spacial score (nSPS) is 10.2.